The van der Waals surface area contributed by atoms with Gasteiger partial charge in [-0.15, -0.1) is 6.42 Å². The van der Waals surface area contributed by atoms with Gasteiger partial charge in [0.1, 0.15) is 0 Å². The summed E-state index contributed by atoms with van der Waals surface area (Å²) in [5.74, 6) is 2.43. The van der Waals surface area contributed by atoms with Crippen LogP contribution in [0.2, 0.25) is 0 Å². The Morgan fingerprint density at radius 2 is 2.36 bits per heavy atom. The van der Waals surface area contributed by atoms with Crippen molar-refractivity contribution in [3.05, 3.63) is 39.9 Å². The van der Waals surface area contributed by atoms with Gasteiger partial charge in [-0.25, -0.2) is 0 Å². The molecule has 0 saturated carbocycles. The van der Waals surface area contributed by atoms with Crippen molar-refractivity contribution >= 4 is 5.69 Å². The van der Waals surface area contributed by atoms with Crippen molar-refractivity contribution in [1.29, 1.82) is 0 Å². The third kappa shape index (κ3) is 2.88. The molecule has 0 amide bonds. The van der Waals surface area contributed by atoms with Gasteiger partial charge in [0.25, 0.3) is 5.69 Å². The van der Waals surface area contributed by atoms with Gasteiger partial charge in [0.15, 0.2) is 0 Å². The Bertz CT molecular complexity index is 369. The highest BCUT2D eigenvalue weighted by Crippen LogP contribution is 2.12. The number of rotatable bonds is 4. The number of hydrogen-bond acceptors (Lipinski definition) is 3. The van der Waals surface area contributed by atoms with Crippen molar-refractivity contribution in [2.45, 2.75) is 6.54 Å². The number of nitrogens with zero attached hydrogens (tertiary/aromatic N) is 1. The molecule has 0 aliphatic rings. The van der Waals surface area contributed by atoms with Crippen LogP contribution in [0.5, 0.6) is 0 Å². The summed E-state index contributed by atoms with van der Waals surface area (Å²) in [7, 11) is 0. The SMILES string of the molecule is C#CCNCc1cccc([N+](=O)[O-])c1. The third-order valence-corrected chi connectivity index (χ3v) is 1.68. The summed E-state index contributed by atoms with van der Waals surface area (Å²) in [5.41, 5.74) is 0.958. The predicted octanol–water partition coefficient (Wildman–Crippen LogP) is 1.32. The van der Waals surface area contributed by atoms with Crippen molar-refractivity contribution in [2.24, 2.45) is 0 Å². The molecule has 72 valence electrons. The molecule has 0 atom stereocenters. The maximum absolute atomic E-state index is 10.4. The summed E-state index contributed by atoms with van der Waals surface area (Å²) >= 11 is 0. The molecule has 0 unspecified atom stereocenters. The van der Waals surface area contributed by atoms with Crippen LogP contribution in [0.4, 0.5) is 5.69 Å². The first kappa shape index (κ1) is 10.2. The number of nitro benzene ring substituents is 1. The second-order valence-electron chi connectivity index (χ2n) is 2.73. The van der Waals surface area contributed by atoms with Crippen LogP contribution in [0.1, 0.15) is 5.56 Å². The lowest BCUT2D eigenvalue weighted by atomic mass is 10.2. The third-order valence-electron chi connectivity index (χ3n) is 1.68. The zero-order valence-electron chi connectivity index (χ0n) is 7.56. The van der Waals surface area contributed by atoms with Crippen LogP contribution in [0.25, 0.3) is 0 Å². The number of nitro groups is 1. The Kier molecular flexibility index (Phi) is 3.65. The molecule has 0 radical (unpaired) electrons. The molecule has 4 nitrogen and oxygen atoms in total. The molecule has 1 rings (SSSR count). The number of nitrogens with one attached hydrogen (secondary N) is 1. The minimum Gasteiger partial charge on any atom is -0.302 e. The average molecular weight is 190 g/mol. The first-order chi connectivity index (χ1) is 6.74. The van der Waals surface area contributed by atoms with E-state index in [-0.39, 0.29) is 5.69 Å². The fourth-order valence-corrected chi connectivity index (χ4v) is 1.06. The lowest BCUT2D eigenvalue weighted by molar-refractivity contribution is -0.384. The lowest BCUT2D eigenvalue weighted by Crippen LogP contribution is -2.12. The Labute approximate surface area is 82.1 Å². The first-order valence-electron chi connectivity index (χ1n) is 4.11. The maximum Gasteiger partial charge on any atom is 0.269 e. The van der Waals surface area contributed by atoms with E-state index >= 15 is 0 Å². The van der Waals surface area contributed by atoms with Crippen LogP contribution >= 0.6 is 0 Å². The van der Waals surface area contributed by atoms with Gasteiger partial charge in [-0.05, 0) is 5.56 Å². The number of non-ortho nitro benzene ring substituents is 1. The van der Waals surface area contributed by atoms with Gasteiger partial charge in [-0.1, -0.05) is 18.1 Å². The van der Waals surface area contributed by atoms with Gasteiger partial charge in [0, 0.05) is 18.7 Å². The molecule has 0 aliphatic heterocycles. The number of hydrogen-bond donors (Lipinski definition) is 1. The maximum atomic E-state index is 10.4. The molecule has 0 spiro atoms. The zero-order chi connectivity index (χ0) is 10.4. The van der Waals surface area contributed by atoms with E-state index in [0.717, 1.165) is 5.56 Å². The molecule has 0 heterocycles. The van der Waals surface area contributed by atoms with Crippen molar-refractivity contribution in [3.8, 4) is 12.3 Å². The smallest absolute Gasteiger partial charge is 0.269 e. The molecule has 4 heteroatoms. The highest BCUT2D eigenvalue weighted by Gasteiger charge is 2.04. The molecule has 0 aromatic heterocycles. The minimum absolute atomic E-state index is 0.102. The molecule has 1 aromatic carbocycles. The van der Waals surface area contributed by atoms with E-state index in [1.165, 1.54) is 12.1 Å². The van der Waals surface area contributed by atoms with E-state index in [2.05, 4.69) is 11.2 Å². The summed E-state index contributed by atoms with van der Waals surface area (Å²) in [6, 6.07) is 6.47. The molecular weight excluding hydrogens is 180 g/mol. The van der Waals surface area contributed by atoms with Gasteiger partial charge < -0.3 is 5.32 Å². The Balaban J connectivity index is 2.65. The highest BCUT2D eigenvalue weighted by molar-refractivity contribution is 5.34. The second-order valence-corrected chi connectivity index (χ2v) is 2.73. The molecule has 1 N–H and O–H groups in total. The van der Waals surface area contributed by atoms with Gasteiger partial charge in [-0.2, -0.15) is 0 Å². The van der Waals surface area contributed by atoms with Gasteiger partial charge in [0.05, 0.1) is 11.5 Å². The highest BCUT2D eigenvalue weighted by atomic mass is 16.6. The van der Waals surface area contributed by atoms with Crippen molar-refractivity contribution in [3.63, 3.8) is 0 Å². The molecule has 0 aliphatic carbocycles. The monoisotopic (exact) mass is 190 g/mol. The van der Waals surface area contributed by atoms with E-state index in [1.807, 2.05) is 6.07 Å². The largest absolute Gasteiger partial charge is 0.302 e. The summed E-state index contributed by atoms with van der Waals surface area (Å²) in [6.45, 7) is 1.01. The Hall–Kier alpha value is -1.86. The molecule has 0 bridgehead atoms. The van der Waals surface area contributed by atoms with Crippen LogP contribution in [-0.2, 0) is 6.54 Å². The topological polar surface area (TPSA) is 55.2 Å². The molecule has 14 heavy (non-hydrogen) atoms. The van der Waals surface area contributed by atoms with E-state index in [0.29, 0.717) is 13.1 Å². The van der Waals surface area contributed by atoms with Crippen LogP contribution in [0, 0.1) is 22.5 Å². The number of benzene rings is 1. The normalized spacial score (nSPS) is 9.36. The molecule has 1 aromatic rings. The van der Waals surface area contributed by atoms with Crippen LogP contribution in [0.15, 0.2) is 24.3 Å². The van der Waals surface area contributed by atoms with E-state index in [4.69, 9.17) is 6.42 Å². The van der Waals surface area contributed by atoms with Gasteiger partial charge in [-0.3, -0.25) is 10.1 Å². The summed E-state index contributed by atoms with van der Waals surface area (Å²) in [5, 5.41) is 13.4. The molecular formula is C10H10N2O2. The van der Waals surface area contributed by atoms with Crippen molar-refractivity contribution in [1.82, 2.24) is 5.32 Å². The average Bonchev–Trinajstić information content (AvgIpc) is 2.19. The van der Waals surface area contributed by atoms with Crippen LogP contribution in [-0.4, -0.2) is 11.5 Å². The summed E-state index contributed by atoms with van der Waals surface area (Å²) in [6.07, 6.45) is 5.05. The quantitative estimate of drug-likeness (QED) is 0.337. The number of terminal acetylenes is 1. The lowest BCUT2D eigenvalue weighted by Gasteiger charge is -2.00. The van der Waals surface area contributed by atoms with Crippen molar-refractivity contribution in [2.75, 3.05) is 6.54 Å². The predicted molar refractivity (Wildman–Crippen MR) is 53.6 cm³/mol. The van der Waals surface area contributed by atoms with Gasteiger partial charge in [0.2, 0.25) is 0 Å². The first-order valence-corrected chi connectivity index (χ1v) is 4.11. The van der Waals surface area contributed by atoms with E-state index in [9.17, 15) is 10.1 Å². The van der Waals surface area contributed by atoms with E-state index in [1.54, 1.807) is 6.07 Å². The van der Waals surface area contributed by atoms with Crippen LogP contribution in [0.3, 0.4) is 0 Å². The zero-order valence-corrected chi connectivity index (χ0v) is 7.56. The van der Waals surface area contributed by atoms with Crippen molar-refractivity contribution < 1.29 is 4.92 Å². The fraction of sp³-hybridized carbons (Fsp3) is 0.200. The fourth-order valence-electron chi connectivity index (χ4n) is 1.06. The van der Waals surface area contributed by atoms with Crippen LogP contribution < -0.4 is 5.32 Å². The standard InChI is InChI=1S/C10H10N2O2/c1-2-6-11-8-9-4-3-5-10(7-9)12(13)14/h1,3-5,7,11H,6,8H2. The molecule has 0 fully saturated rings. The summed E-state index contributed by atoms with van der Waals surface area (Å²) < 4.78 is 0. The summed E-state index contributed by atoms with van der Waals surface area (Å²) in [4.78, 5) is 10.0. The van der Waals surface area contributed by atoms with E-state index < -0.39 is 4.92 Å². The molecule has 0 saturated heterocycles. The Morgan fingerprint density at radius 1 is 1.57 bits per heavy atom. The Morgan fingerprint density at radius 3 is 3.00 bits per heavy atom. The van der Waals surface area contributed by atoms with Gasteiger partial charge >= 0.3 is 0 Å². The second kappa shape index (κ2) is 5.00. The minimum atomic E-state index is -0.412.